The normalized spacial score (nSPS) is 20.4. The number of aromatic nitrogens is 1. The van der Waals surface area contributed by atoms with Crippen molar-refractivity contribution >= 4 is 28.5 Å². The highest BCUT2D eigenvalue weighted by Gasteiger charge is 2.60. The van der Waals surface area contributed by atoms with Crippen molar-refractivity contribution in [3.63, 3.8) is 0 Å². The lowest BCUT2D eigenvalue weighted by atomic mass is 9.78. The summed E-state index contributed by atoms with van der Waals surface area (Å²) in [7, 11) is 0. The van der Waals surface area contributed by atoms with Crippen LogP contribution < -0.4 is 14.4 Å². The number of hydrogen-bond acceptors (Lipinski definition) is 4. The van der Waals surface area contributed by atoms with Crippen molar-refractivity contribution in [2.75, 3.05) is 24.7 Å². The number of fused-ring (bicyclic) bond motifs is 5. The first-order chi connectivity index (χ1) is 18.9. The van der Waals surface area contributed by atoms with E-state index in [1.54, 1.807) is 4.90 Å². The number of rotatable bonds is 7. The van der Waals surface area contributed by atoms with E-state index in [1.807, 2.05) is 81.4 Å². The minimum Gasteiger partial charge on any atom is -0.490 e. The first kappa shape index (κ1) is 25.0. The molecule has 1 aromatic heterocycles. The molecule has 0 aliphatic carbocycles. The zero-order valence-corrected chi connectivity index (χ0v) is 22.8. The Kier molecular flexibility index (Phi) is 6.09. The molecule has 3 aromatic carbocycles. The van der Waals surface area contributed by atoms with Gasteiger partial charge in [0.25, 0.3) is 5.91 Å². The van der Waals surface area contributed by atoms with Gasteiger partial charge in [-0.1, -0.05) is 55.0 Å². The summed E-state index contributed by atoms with van der Waals surface area (Å²) in [5.41, 5.74) is 4.10. The number of anilines is 1. The fraction of sp³-hybridized carbons (Fsp3) is 0.312. The maximum atomic E-state index is 14.2. The zero-order valence-electron chi connectivity index (χ0n) is 22.8. The standard InChI is InChI=1S/C32H33N3O4/c1-5-18-39-26-13-9-11-22(28(26)38-6-2)24-19-34-31(37)35(21-16-14-20(3)15-17-21)30(36)32(34,4)29-27(24)23-10-7-8-12-25(23)33-29/h7-17,24,33H,5-6,18-19H2,1-4H3/t24-,32-/m0/s1. The highest BCUT2D eigenvalue weighted by Crippen LogP contribution is 2.52. The largest absolute Gasteiger partial charge is 0.490 e. The second-order valence-corrected chi connectivity index (χ2v) is 10.4. The number of imide groups is 1. The van der Waals surface area contributed by atoms with Crippen molar-refractivity contribution in [3.8, 4) is 11.5 Å². The molecular weight excluding hydrogens is 490 g/mol. The predicted molar refractivity (Wildman–Crippen MR) is 152 cm³/mol. The van der Waals surface area contributed by atoms with Gasteiger partial charge < -0.3 is 19.4 Å². The number of nitrogens with one attached hydrogen (secondary N) is 1. The van der Waals surface area contributed by atoms with Crippen LogP contribution in [0.4, 0.5) is 10.5 Å². The Bertz CT molecular complexity index is 1570. The number of urea groups is 1. The van der Waals surface area contributed by atoms with Gasteiger partial charge in [-0.25, -0.2) is 9.69 Å². The van der Waals surface area contributed by atoms with Crippen LogP contribution in [0.15, 0.2) is 66.7 Å². The Morgan fingerprint density at radius 3 is 2.49 bits per heavy atom. The van der Waals surface area contributed by atoms with Crippen LogP contribution in [0, 0.1) is 6.92 Å². The summed E-state index contributed by atoms with van der Waals surface area (Å²) in [4.78, 5) is 34.8. The molecule has 0 unspecified atom stereocenters. The van der Waals surface area contributed by atoms with Crippen molar-refractivity contribution in [1.29, 1.82) is 0 Å². The van der Waals surface area contributed by atoms with Crippen LogP contribution in [0.1, 0.15) is 55.5 Å². The number of aryl methyl sites for hydroxylation is 1. The molecule has 6 rings (SSSR count). The molecule has 7 heteroatoms. The molecule has 7 nitrogen and oxygen atoms in total. The number of para-hydroxylation sites is 2. The van der Waals surface area contributed by atoms with E-state index in [-0.39, 0.29) is 17.9 Å². The molecule has 0 radical (unpaired) electrons. The van der Waals surface area contributed by atoms with E-state index in [0.717, 1.165) is 39.7 Å². The van der Waals surface area contributed by atoms with Gasteiger partial charge in [0, 0.05) is 28.9 Å². The van der Waals surface area contributed by atoms with Crippen LogP contribution in [0.25, 0.3) is 10.9 Å². The molecular formula is C32H33N3O4. The van der Waals surface area contributed by atoms with Gasteiger partial charge in [0.2, 0.25) is 0 Å². The number of carbonyl (C=O) groups excluding carboxylic acids is 2. The van der Waals surface area contributed by atoms with E-state index < -0.39 is 5.54 Å². The van der Waals surface area contributed by atoms with Gasteiger partial charge in [-0.3, -0.25) is 4.79 Å². The fourth-order valence-corrected chi connectivity index (χ4v) is 6.03. The Labute approximate surface area is 228 Å². The molecule has 39 heavy (non-hydrogen) atoms. The number of hydrogen-bond donors (Lipinski definition) is 1. The lowest BCUT2D eigenvalue weighted by molar-refractivity contribution is -0.125. The lowest BCUT2D eigenvalue weighted by Crippen LogP contribution is -2.50. The smallest absolute Gasteiger partial charge is 0.332 e. The van der Waals surface area contributed by atoms with E-state index in [1.165, 1.54) is 4.90 Å². The van der Waals surface area contributed by atoms with Crippen LogP contribution >= 0.6 is 0 Å². The van der Waals surface area contributed by atoms with Crippen molar-refractivity contribution in [1.82, 2.24) is 9.88 Å². The van der Waals surface area contributed by atoms with Crippen molar-refractivity contribution in [2.24, 2.45) is 0 Å². The first-order valence-electron chi connectivity index (χ1n) is 13.6. The Morgan fingerprint density at radius 1 is 0.974 bits per heavy atom. The fourth-order valence-electron chi connectivity index (χ4n) is 6.03. The van der Waals surface area contributed by atoms with E-state index >= 15 is 0 Å². The average Bonchev–Trinajstić information content (AvgIpc) is 3.42. The molecule has 3 heterocycles. The lowest BCUT2D eigenvalue weighted by Gasteiger charge is -2.40. The van der Waals surface area contributed by atoms with E-state index in [9.17, 15) is 9.59 Å². The Hall–Kier alpha value is -4.26. The third kappa shape index (κ3) is 3.71. The van der Waals surface area contributed by atoms with Gasteiger partial charge in [-0.2, -0.15) is 0 Å². The molecule has 0 spiro atoms. The quantitative estimate of drug-likeness (QED) is 0.281. The molecule has 2 atom stereocenters. The van der Waals surface area contributed by atoms with Gasteiger partial charge in [0.1, 0.15) is 0 Å². The number of nitrogens with zero attached hydrogens (tertiary/aromatic N) is 2. The first-order valence-corrected chi connectivity index (χ1v) is 13.6. The monoisotopic (exact) mass is 523 g/mol. The van der Waals surface area contributed by atoms with Crippen LogP contribution in [0.3, 0.4) is 0 Å². The summed E-state index contributed by atoms with van der Waals surface area (Å²) in [6.07, 6.45) is 0.878. The van der Waals surface area contributed by atoms with Crippen molar-refractivity contribution < 1.29 is 19.1 Å². The Balaban J connectivity index is 1.56. The number of amides is 3. The summed E-state index contributed by atoms with van der Waals surface area (Å²) >= 11 is 0. The van der Waals surface area contributed by atoms with Gasteiger partial charge in [-0.15, -0.1) is 0 Å². The predicted octanol–water partition coefficient (Wildman–Crippen LogP) is 6.49. The SMILES string of the molecule is CCCOc1cccc([C@@H]2CN3C(=O)N(c4ccc(C)cc4)C(=O)[C@]3(C)c3[nH]c4ccccc4c32)c1OCC. The summed E-state index contributed by atoms with van der Waals surface area (Å²) < 4.78 is 12.3. The number of benzene rings is 3. The number of aromatic amines is 1. The molecule has 2 aliphatic rings. The molecule has 0 saturated carbocycles. The highest BCUT2D eigenvalue weighted by atomic mass is 16.5. The number of ether oxygens (including phenoxy) is 2. The summed E-state index contributed by atoms with van der Waals surface area (Å²) in [5, 5.41) is 1.04. The van der Waals surface area contributed by atoms with Crippen molar-refractivity contribution in [3.05, 3.63) is 89.1 Å². The Morgan fingerprint density at radius 2 is 1.74 bits per heavy atom. The summed E-state index contributed by atoms with van der Waals surface area (Å²) in [6, 6.07) is 21.2. The second-order valence-electron chi connectivity index (χ2n) is 10.4. The second kappa shape index (κ2) is 9.49. The zero-order chi connectivity index (χ0) is 27.3. The summed E-state index contributed by atoms with van der Waals surface area (Å²) in [6.45, 7) is 9.25. The van der Waals surface area contributed by atoms with Crippen LogP contribution in [-0.2, 0) is 10.3 Å². The van der Waals surface area contributed by atoms with Gasteiger partial charge in [0.05, 0.1) is 24.6 Å². The van der Waals surface area contributed by atoms with Gasteiger partial charge in [-0.05, 0) is 57.0 Å². The topological polar surface area (TPSA) is 74.9 Å². The minimum absolute atomic E-state index is 0.231. The van der Waals surface area contributed by atoms with Crippen LogP contribution in [0.2, 0.25) is 0 Å². The van der Waals surface area contributed by atoms with Gasteiger partial charge >= 0.3 is 6.03 Å². The van der Waals surface area contributed by atoms with E-state index in [0.29, 0.717) is 36.9 Å². The number of carbonyl (C=O) groups is 2. The molecule has 2 aliphatic heterocycles. The maximum absolute atomic E-state index is 14.2. The van der Waals surface area contributed by atoms with E-state index in [2.05, 4.69) is 18.0 Å². The highest BCUT2D eigenvalue weighted by molar-refractivity contribution is 6.23. The van der Waals surface area contributed by atoms with Crippen molar-refractivity contribution in [2.45, 2.75) is 45.6 Å². The molecule has 1 fully saturated rings. The molecule has 1 saturated heterocycles. The van der Waals surface area contributed by atoms with Gasteiger partial charge in [0.15, 0.2) is 17.0 Å². The third-order valence-corrected chi connectivity index (χ3v) is 7.96. The maximum Gasteiger partial charge on any atom is 0.332 e. The number of H-pyrrole nitrogens is 1. The molecule has 3 amide bonds. The molecule has 1 N–H and O–H groups in total. The molecule has 0 bridgehead atoms. The van der Waals surface area contributed by atoms with E-state index in [4.69, 9.17) is 9.47 Å². The third-order valence-electron chi connectivity index (χ3n) is 7.96. The minimum atomic E-state index is -1.17. The van der Waals surface area contributed by atoms with Crippen LogP contribution in [0.5, 0.6) is 11.5 Å². The summed E-state index contributed by atoms with van der Waals surface area (Å²) in [5.74, 6) is 0.890. The average molecular weight is 524 g/mol. The molecule has 200 valence electrons. The van der Waals surface area contributed by atoms with Crippen LogP contribution in [-0.4, -0.2) is 41.6 Å². The molecule has 4 aromatic rings.